The summed E-state index contributed by atoms with van der Waals surface area (Å²) in [6.45, 7) is 14.0. The predicted octanol–water partition coefficient (Wildman–Crippen LogP) is 5.66. The molecule has 0 heterocycles. The first-order valence-corrected chi connectivity index (χ1v) is 7.68. The minimum Gasteiger partial charge on any atom is -0.378 e. The van der Waals surface area contributed by atoms with E-state index in [1.165, 1.54) is 11.1 Å². The summed E-state index contributed by atoms with van der Waals surface area (Å²) in [6, 6.07) is 8.78. The van der Waals surface area contributed by atoms with E-state index in [0.29, 0.717) is 12.0 Å². The van der Waals surface area contributed by atoms with Crippen LogP contribution in [-0.2, 0) is 4.74 Å². The first-order valence-electron chi connectivity index (χ1n) is 7.68. The lowest BCUT2D eigenvalue weighted by molar-refractivity contribution is 0.0227. The van der Waals surface area contributed by atoms with Gasteiger partial charge >= 0.3 is 0 Å². The summed E-state index contributed by atoms with van der Waals surface area (Å²) in [5, 5.41) is 0. The monoisotopic (exact) mass is 274 g/mol. The predicted molar refractivity (Wildman–Crippen MR) is 89.1 cm³/mol. The third kappa shape index (κ3) is 6.38. The quantitative estimate of drug-likeness (QED) is 0.623. The third-order valence-corrected chi connectivity index (χ3v) is 3.37. The van der Waals surface area contributed by atoms with E-state index in [1.807, 2.05) is 0 Å². The number of allylic oxidation sites excluding steroid dienone is 1. The lowest BCUT2D eigenvalue weighted by Gasteiger charge is -2.24. The fourth-order valence-corrected chi connectivity index (χ4v) is 1.99. The van der Waals surface area contributed by atoms with Crippen molar-refractivity contribution in [3.05, 3.63) is 41.5 Å². The fourth-order valence-electron chi connectivity index (χ4n) is 1.99. The normalized spacial score (nSPS) is 12.8. The van der Waals surface area contributed by atoms with Crippen molar-refractivity contribution in [1.82, 2.24) is 0 Å². The molecule has 1 nitrogen and oxygen atoms in total. The van der Waals surface area contributed by atoms with Crippen LogP contribution in [0.3, 0.4) is 0 Å². The molecular formula is C19H30O. The number of hydrogen-bond acceptors (Lipinski definition) is 1. The zero-order valence-electron chi connectivity index (χ0n) is 13.9. The molecule has 0 spiro atoms. The van der Waals surface area contributed by atoms with Crippen LogP contribution in [0.4, 0.5) is 0 Å². The Balaban J connectivity index is 2.57. The molecule has 0 bridgehead atoms. The number of rotatable bonds is 7. The summed E-state index contributed by atoms with van der Waals surface area (Å²) < 4.78 is 5.73. The SMILES string of the molecule is CC(C)OCC(C)(C)C/C=C/c1cccc(C(C)C)c1. The second-order valence-electron chi connectivity index (χ2n) is 6.96. The molecule has 0 aliphatic rings. The highest BCUT2D eigenvalue weighted by Gasteiger charge is 2.16. The molecule has 0 aliphatic carbocycles. The molecule has 0 atom stereocenters. The summed E-state index contributed by atoms with van der Waals surface area (Å²) in [4.78, 5) is 0. The van der Waals surface area contributed by atoms with Gasteiger partial charge in [-0.3, -0.25) is 0 Å². The average molecular weight is 274 g/mol. The van der Waals surface area contributed by atoms with E-state index in [1.54, 1.807) is 0 Å². The van der Waals surface area contributed by atoms with Gasteiger partial charge in [0.05, 0.1) is 12.7 Å². The lowest BCUT2D eigenvalue weighted by Crippen LogP contribution is -2.21. The van der Waals surface area contributed by atoms with E-state index in [0.717, 1.165) is 13.0 Å². The van der Waals surface area contributed by atoms with E-state index in [-0.39, 0.29) is 5.41 Å². The molecule has 112 valence electrons. The molecule has 1 rings (SSSR count). The maximum absolute atomic E-state index is 5.73. The summed E-state index contributed by atoms with van der Waals surface area (Å²) in [6.07, 6.45) is 5.83. The van der Waals surface area contributed by atoms with Crippen molar-refractivity contribution in [3.63, 3.8) is 0 Å². The molecule has 20 heavy (non-hydrogen) atoms. The topological polar surface area (TPSA) is 9.23 Å². The smallest absolute Gasteiger partial charge is 0.0523 e. The minimum atomic E-state index is 0.191. The van der Waals surface area contributed by atoms with Crippen LogP contribution >= 0.6 is 0 Å². The highest BCUT2D eigenvalue weighted by Crippen LogP contribution is 2.23. The maximum Gasteiger partial charge on any atom is 0.0523 e. The van der Waals surface area contributed by atoms with Crippen LogP contribution in [0.5, 0.6) is 0 Å². The van der Waals surface area contributed by atoms with Crippen LogP contribution in [0.2, 0.25) is 0 Å². The molecule has 0 unspecified atom stereocenters. The molecule has 0 radical (unpaired) electrons. The molecule has 0 fully saturated rings. The van der Waals surface area contributed by atoms with Gasteiger partial charge in [0.2, 0.25) is 0 Å². The van der Waals surface area contributed by atoms with Gasteiger partial charge in [-0.15, -0.1) is 0 Å². The van der Waals surface area contributed by atoms with Crippen LogP contribution in [-0.4, -0.2) is 12.7 Å². The summed E-state index contributed by atoms with van der Waals surface area (Å²) >= 11 is 0. The van der Waals surface area contributed by atoms with Gasteiger partial charge in [0.15, 0.2) is 0 Å². The first-order chi connectivity index (χ1) is 9.30. The first kappa shape index (κ1) is 17.0. The molecule has 0 N–H and O–H groups in total. The highest BCUT2D eigenvalue weighted by atomic mass is 16.5. The van der Waals surface area contributed by atoms with Crippen molar-refractivity contribution in [2.24, 2.45) is 5.41 Å². The summed E-state index contributed by atoms with van der Waals surface area (Å²) in [5.74, 6) is 0.583. The molecule has 0 aliphatic heterocycles. The van der Waals surface area contributed by atoms with Crippen molar-refractivity contribution < 1.29 is 4.74 Å². The van der Waals surface area contributed by atoms with E-state index < -0.39 is 0 Å². The number of benzene rings is 1. The highest BCUT2D eigenvalue weighted by molar-refractivity contribution is 5.50. The van der Waals surface area contributed by atoms with Gasteiger partial charge in [0, 0.05) is 0 Å². The summed E-state index contributed by atoms with van der Waals surface area (Å²) in [5.41, 5.74) is 2.88. The Morgan fingerprint density at radius 3 is 2.45 bits per heavy atom. The zero-order valence-corrected chi connectivity index (χ0v) is 13.9. The zero-order chi connectivity index (χ0) is 15.2. The Bertz CT molecular complexity index is 427. The van der Waals surface area contributed by atoms with Gasteiger partial charge in [0.1, 0.15) is 0 Å². The van der Waals surface area contributed by atoms with Gasteiger partial charge in [0.25, 0.3) is 0 Å². The van der Waals surface area contributed by atoms with Gasteiger partial charge < -0.3 is 4.74 Å². The molecular weight excluding hydrogens is 244 g/mol. The Morgan fingerprint density at radius 1 is 1.15 bits per heavy atom. The largest absolute Gasteiger partial charge is 0.378 e. The third-order valence-electron chi connectivity index (χ3n) is 3.37. The minimum absolute atomic E-state index is 0.191. The molecule has 1 aromatic carbocycles. The number of hydrogen-bond donors (Lipinski definition) is 0. The fraction of sp³-hybridized carbons (Fsp3) is 0.579. The van der Waals surface area contributed by atoms with Crippen LogP contribution in [0, 0.1) is 5.41 Å². The lowest BCUT2D eigenvalue weighted by atomic mass is 9.90. The van der Waals surface area contributed by atoms with Crippen molar-refractivity contribution in [1.29, 1.82) is 0 Å². The van der Waals surface area contributed by atoms with E-state index in [2.05, 4.69) is 78.0 Å². The molecule has 1 aromatic rings. The Hall–Kier alpha value is -1.08. The van der Waals surface area contributed by atoms with Crippen LogP contribution in [0.1, 0.15) is 65.0 Å². The molecule has 0 amide bonds. The van der Waals surface area contributed by atoms with E-state index in [9.17, 15) is 0 Å². The Labute approximate surface area is 125 Å². The average Bonchev–Trinajstić information content (AvgIpc) is 2.37. The standard InChI is InChI=1S/C19H30O/c1-15(2)18-11-7-9-17(13-18)10-8-12-19(5,6)14-20-16(3)4/h7-11,13,15-16H,12,14H2,1-6H3/b10-8+. The van der Waals surface area contributed by atoms with E-state index in [4.69, 9.17) is 4.74 Å². The number of ether oxygens (including phenoxy) is 1. The Morgan fingerprint density at radius 2 is 1.85 bits per heavy atom. The van der Waals surface area contributed by atoms with Crippen molar-refractivity contribution >= 4 is 6.08 Å². The van der Waals surface area contributed by atoms with E-state index >= 15 is 0 Å². The van der Waals surface area contributed by atoms with Crippen molar-refractivity contribution in [3.8, 4) is 0 Å². The van der Waals surface area contributed by atoms with Gasteiger partial charge in [-0.1, -0.05) is 64.1 Å². The van der Waals surface area contributed by atoms with Gasteiger partial charge in [-0.25, -0.2) is 0 Å². The molecule has 0 saturated carbocycles. The second-order valence-corrected chi connectivity index (χ2v) is 6.96. The van der Waals surface area contributed by atoms with Crippen molar-refractivity contribution in [2.75, 3.05) is 6.61 Å². The molecule has 1 heteroatoms. The second kappa shape index (κ2) is 7.64. The van der Waals surface area contributed by atoms with Gasteiger partial charge in [-0.05, 0) is 42.7 Å². The maximum atomic E-state index is 5.73. The van der Waals surface area contributed by atoms with Crippen LogP contribution in [0.15, 0.2) is 30.3 Å². The van der Waals surface area contributed by atoms with Gasteiger partial charge in [-0.2, -0.15) is 0 Å². The van der Waals surface area contributed by atoms with Crippen LogP contribution < -0.4 is 0 Å². The van der Waals surface area contributed by atoms with Crippen LogP contribution in [0.25, 0.3) is 6.08 Å². The van der Waals surface area contributed by atoms with Crippen molar-refractivity contribution in [2.45, 2.75) is 60.0 Å². The Kier molecular flexibility index (Phi) is 6.48. The molecule has 0 aromatic heterocycles. The molecule has 0 saturated heterocycles. The summed E-state index contributed by atoms with van der Waals surface area (Å²) in [7, 11) is 0.